The number of pyridine rings is 1. The molecule has 0 saturated carbocycles. The number of ether oxygens (including phenoxy) is 1. The van der Waals surface area contributed by atoms with Gasteiger partial charge in [-0.25, -0.2) is 18.2 Å². The summed E-state index contributed by atoms with van der Waals surface area (Å²) in [4.78, 5) is 96.2. The lowest BCUT2D eigenvalue weighted by Crippen LogP contribution is -2.60. The van der Waals surface area contributed by atoms with E-state index in [1.165, 1.54) is 26.8 Å². The zero-order valence-corrected chi connectivity index (χ0v) is 31.7. The third kappa shape index (κ3) is 12.9. The molecule has 0 spiro atoms. The number of rotatable bonds is 18. The molecule has 0 saturated heterocycles. The van der Waals surface area contributed by atoms with Gasteiger partial charge in [-0.15, -0.1) is 0 Å². The molecule has 0 fully saturated rings. The highest BCUT2D eigenvalue weighted by atomic mass is 35.5. The van der Waals surface area contributed by atoms with Gasteiger partial charge in [-0.3, -0.25) is 33.7 Å². The van der Waals surface area contributed by atoms with Crippen molar-refractivity contribution in [2.75, 3.05) is 11.2 Å². The summed E-state index contributed by atoms with van der Waals surface area (Å²) in [6.45, 7) is 4.13. The maximum Gasteiger partial charge on any atom is 0.408 e. The molecule has 0 bridgehead atoms. The van der Waals surface area contributed by atoms with E-state index < -0.39 is 98.7 Å². The lowest BCUT2D eigenvalue weighted by atomic mass is 9.98. The number of hydrogen-bond acceptors (Lipinski definition) is 11. The number of carboxylic acid groups (broad SMARTS) is 2. The Morgan fingerprint density at radius 1 is 0.818 bits per heavy atom. The number of nitrogens with one attached hydrogen (secondary N) is 3. The standard InChI is InChI=1S/C36H40ClN5O12S/c1-20(2)32(34(49)40-25(16-30(44)45)27(43)18-28(37)55(4,52)53)42(29-15-14-23-12-8-9-13-24(23)39-29)35(50)21(3)38-33(48)26(17-31(46)47)41-36(51)54-19-22-10-6-5-7-11-22/h5-15,18,20-21,25-26,32H,16-17,19H2,1-4H3,(H,38,48)(H,40,49)(H,41,51)(H,44,45)(H,46,47)/t21-,25-,26-,32-/m0/s1. The summed E-state index contributed by atoms with van der Waals surface area (Å²) in [6.07, 6.45) is -1.80. The van der Waals surface area contributed by atoms with E-state index in [9.17, 15) is 52.2 Å². The number of carboxylic acids is 2. The largest absolute Gasteiger partial charge is 0.481 e. The predicted molar refractivity (Wildman–Crippen MR) is 199 cm³/mol. The SMILES string of the molecule is CC(C)[C@@H](C(=O)N[C@@H](CC(=O)O)C(=O)C=C(Cl)S(C)(=O)=O)N(C(=O)[C@H](C)NC(=O)[C@H](CC(=O)O)NC(=O)OCc1ccccc1)c1ccc2ccccc2n1. The smallest absolute Gasteiger partial charge is 0.408 e. The van der Waals surface area contributed by atoms with Crippen LogP contribution in [0.25, 0.3) is 10.9 Å². The number of carbonyl (C=O) groups excluding carboxylic acids is 5. The molecule has 1 heterocycles. The van der Waals surface area contributed by atoms with E-state index in [1.807, 2.05) is 0 Å². The van der Waals surface area contributed by atoms with Crippen LogP contribution in [-0.4, -0.2) is 95.6 Å². The molecule has 17 nitrogen and oxygen atoms in total. The molecule has 0 aliphatic rings. The monoisotopic (exact) mass is 801 g/mol. The molecule has 4 amide bonds. The molecule has 0 radical (unpaired) electrons. The molecule has 5 N–H and O–H groups in total. The van der Waals surface area contributed by atoms with Gasteiger partial charge in [0.05, 0.1) is 18.4 Å². The van der Waals surface area contributed by atoms with E-state index >= 15 is 0 Å². The molecule has 0 aliphatic heterocycles. The van der Waals surface area contributed by atoms with Crippen LogP contribution in [0.1, 0.15) is 39.2 Å². The Labute approximate surface area is 321 Å². The average molecular weight is 802 g/mol. The number of ketones is 1. The van der Waals surface area contributed by atoms with Crippen molar-refractivity contribution in [1.82, 2.24) is 20.9 Å². The quantitative estimate of drug-likeness (QED) is 0.116. The maximum absolute atomic E-state index is 14.4. The van der Waals surface area contributed by atoms with Crippen LogP contribution in [0.4, 0.5) is 10.6 Å². The first-order valence-corrected chi connectivity index (χ1v) is 18.9. The van der Waals surface area contributed by atoms with Gasteiger partial charge in [-0.1, -0.05) is 74.0 Å². The third-order valence-corrected chi connectivity index (χ3v) is 9.60. The first-order valence-electron chi connectivity index (χ1n) is 16.6. The number of hydrogen-bond donors (Lipinski definition) is 5. The number of halogens is 1. The molecule has 1 aromatic heterocycles. The topological polar surface area (TPSA) is 256 Å². The predicted octanol–water partition coefficient (Wildman–Crippen LogP) is 2.52. The number of nitrogens with zero attached hydrogens (tertiary/aromatic N) is 2. The average Bonchev–Trinajstić information content (AvgIpc) is 3.11. The number of anilines is 1. The van der Waals surface area contributed by atoms with Gasteiger partial charge < -0.3 is 30.9 Å². The maximum atomic E-state index is 14.4. The summed E-state index contributed by atoms with van der Waals surface area (Å²) in [5.41, 5.74) is 1.02. The number of sulfone groups is 1. The van der Waals surface area contributed by atoms with E-state index in [-0.39, 0.29) is 12.4 Å². The van der Waals surface area contributed by atoms with Crippen LogP contribution in [0.2, 0.25) is 0 Å². The van der Waals surface area contributed by atoms with Gasteiger partial charge >= 0.3 is 18.0 Å². The van der Waals surface area contributed by atoms with Gasteiger partial charge in [0.2, 0.25) is 11.8 Å². The van der Waals surface area contributed by atoms with Gasteiger partial charge in [0, 0.05) is 17.7 Å². The van der Waals surface area contributed by atoms with E-state index in [0.29, 0.717) is 22.5 Å². The Morgan fingerprint density at radius 3 is 2.02 bits per heavy atom. The van der Waals surface area contributed by atoms with E-state index in [2.05, 4.69) is 20.9 Å². The van der Waals surface area contributed by atoms with Crippen molar-refractivity contribution >= 4 is 79.7 Å². The van der Waals surface area contributed by atoms with Gasteiger partial charge in [-0.05, 0) is 36.6 Å². The minimum atomic E-state index is -4.06. The normalized spacial score (nSPS) is 13.8. The van der Waals surface area contributed by atoms with Gasteiger partial charge in [-0.2, -0.15) is 0 Å². The van der Waals surface area contributed by atoms with Crippen LogP contribution in [0, 0.1) is 5.92 Å². The van der Waals surface area contributed by atoms with Crippen molar-refractivity contribution in [3.63, 3.8) is 0 Å². The fraction of sp³-hybridized carbons (Fsp3) is 0.333. The number of fused-ring (bicyclic) bond motifs is 1. The number of carbonyl (C=O) groups is 7. The highest BCUT2D eigenvalue weighted by molar-refractivity contribution is 7.96. The summed E-state index contributed by atoms with van der Waals surface area (Å²) in [7, 11) is -4.06. The fourth-order valence-corrected chi connectivity index (χ4v) is 5.59. The van der Waals surface area contributed by atoms with E-state index in [1.54, 1.807) is 60.7 Å². The van der Waals surface area contributed by atoms with Crippen LogP contribution in [-0.2, 0) is 49.9 Å². The summed E-state index contributed by atoms with van der Waals surface area (Å²) >= 11 is 5.73. The first kappa shape index (κ1) is 43.5. The Kier molecular flexibility index (Phi) is 15.4. The third-order valence-electron chi connectivity index (χ3n) is 7.82. The number of amides is 4. The molecule has 0 unspecified atom stereocenters. The Hall–Kier alpha value is -5.88. The Balaban J connectivity index is 1.98. The molecule has 294 valence electrons. The molecule has 4 atom stereocenters. The van der Waals surface area contributed by atoms with Crippen LogP contribution >= 0.6 is 11.6 Å². The lowest BCUT2D eigenvalue weighted by Gasteiger charge is -2.35. The van der Waals surface area contributed by atoms with Crippen molar-refractivity contribution in [2.24, 2.45) is 5.92 Å². The minimum Gasteiger partial charge on any atom is -0.481 e. The van der Waals surface area contributed by atoms with E-state index in [0.717, 1.165) is 11.2 Å². The number of aliphatic carboxylic acids is 2. The number of aromatic nitrogens is 1. The van der Waals surface area contributed by atoms with Crippen LogP contribution in [0.3, 0.4) is 0 Å². The minimum absolute atomic E-state index is 0.0931. The van der Waals surface area contributed by atoms with Crippen LogP contribution in [0.5, 0.6) is 0 Å². The van der Waals surface area contributed by atoms with Gasteiger partial charge in [0.25, 0.3) is 5.91 Å². The molecule has 3 rings (SSSR count). The van der Waals surface area contributed by atoms with Crippen molar-refractivity contribution in [2.45, 2.75) is 64.4 Å². The Bertz CT molecular complexity index is 2080. The molecule has 2 aromatic carbocycles. The zero-order chi connectivity index (χ0) is 41.0. The van der Waals surface area contributed by atoms with Crippen LogP contribution in [0.15, 0.2) is 77.2 Å². The van der Waals surface area contributed by atoms with Crippen molar-refractivity contribution in [1.29, 1.82) is 0 Å². The van der Waals surface area contributed by atoms with Gasteiger partial charge in [0.1, 0.15) is 41.0 Å². The summed E-state index contributed by atoms with van der Waals surface area (Å²) in [6, 6.07) is 11.8. The number of benzene rings is 2. The first-order chi connectivity index (χ1) is 25.8. The Morgan fingerprint density at radius 2 is 1.42 bits per heavy atom. The zero-order valence-electron chi connectivity index (χ0n) is 30.1. The second kappa shape index (κ2) is 19.4. The van der Waals surface area contributed by atoms with E-state index in [4.69, 9.17) is 16.3 Å². The highest BCUT2D eigenvalue weighted by Crippen LogP contribution is 2.25. The summed E-state index contributed by atoms with van der Waals surface area (Å²) in [5.74, 6) is -8.11. The lowest BCUT2D eigenvalue weighted by molar-refractivity contribution is -0.140. The van der Waals surface area contributed by atoms with Crippen molar-refractivity contribution in [3.8, 4) is 0 Å². The van der Waals surface area contributed by atoms with Crippen molar-refractivity contribution < 1.29 is 56.9 Å². The summed E-state index contributed by atoms with van der Waals surface area (Å²) < 4.78 is 27.9. The molecular weight excluding hydrogens is 762 g/mol. The highest BCUT2D eigenvalue weighted by Gasteiger charge is 2.39. The van der Waals surface area contributed by atoms with Crippen molar-refractivity contribution in [3.05, 3.63) is 82.7 Å². The summed E-state index contributed by atoms with van der Waals surface area (Å²) in [5, 5.41) is 26.5. The molecular formula is C36H40ClN5O12S. The molecule has 19 heteroatoms. The number of para-hydroxylation sites is 1. The molecule has 0 aliphatic carbocycles. The van der Waals surface area contributed by atoms with Crippen LogP contribution < -0.4 is 20.9 Å². The molecule has 55 heavy (non-hydrogen) atoms. The second-order valence-corrected chi connectivity index (χ2v) is 15.2. The van der Waals surface area contributed by atoms with Gasteiger partial charge in [0.15, 0.2) is 15.6 Å². The second-order valence-electron chi connectivity index (χ2n) is 12.6. The number of alkyl carbamates (subject to hydrolysis) is 1. The molecule has 3 aromatic rings. The fourth-order valence-electron chi connectivity index (χ4n) is 5.15.